The molecular formula is C13H17N3O3. The Kier molecular flexibility index (Phi) is 3.99. The van der Waals surface area contributed by atoms with Gasteiger partial charge in [0.25, 0.3) is 5.56 Å². The van der Waals surface area contributed by atoms with E-state index in [1.165, 1.54) is 12.5 Å². The van der Waals surface area contributed by atoms with Crippen molar-refractivity contribution in [1.29, 1.82) is 0 Å². The van der Waals surface area contributed by atoms with Crippen LogP contribution in [0.2, 0.25) is 0 Å². The molecule has 0 saturated carbocycles. The van der Waals surface area contributed by atoms with Gasteiger partial charge in [0.2, 0.25) is 0 Å². The molecule has 1 fully saturated rings. The van der Waals surface area contributed by atoms with Crippen molar-refractivity contribution in [2.24, 2.45) is 0 Å². The van der Waals surface area contributed by atoms with E-state index in [0.717, 1.165) is 36.3 Å². The Hall–Kier alpha value is -2.11. The Bertz CT molecular complexity index is 544. The van der Waals surface area contributed by atoms with E-state index >= 15 is 0 Å². The van der Waals surface area contributed by atoms with Gasteiger partial charge in [0.05, 0.1) is 24.0 Å². The van der Waals surface area contributed by atoms with Crippen molar-refractivity contribution in [3.63, 3.8) is 0 Å². The summed E-state index contributed by atoms with van der Waals surface area (Å²) in [6.07, 6.45) is 5.08. The topological polar surface area (TPSA) is 75.4 Å². The highest BCUT2D eigenvalue weighted by molar-refractivity contribution is 5.85. The normalized spacial score (nSPS) is 15.3. The highest BCUT2D eigenvalue weighted by Gasteiger charge is 2.13. The molecular weight excluding hydrogens is 246 g/mol. The van der Waals surface area contributed by atoms with Crippen LogP contribution < -0.4 is 10.5 Å². The minimum atomic E-state index is -1.12. The van der Waals surface area contributed by atoms with Crippen molar-refractivity contribution in [2.75, 3.05) is 18.0 Å². The first-order valence-electron chi connectivity index (χ1n) is 6.31. The summed E-state index contributed by atoms with van der Waals surface area (Å²) in [6, 6.07) is 1.51. The highest BCUT2D eigenvalue weighted by atomic mass is 16.4. The lowest BCUT2D eigenvalue weighted by atomic mass is 10.1. The molecule has 1 N–H and O–H groups in total. The summed E-state index contributed by atoms with van der Waals surface area (Å²) in [5.41, 5.74) is 0.452. The van der Waals surface area contributed by atoms with Gasteiger partial charge in [-0.3, -0.25) is 4.79 Å². The van der Waals surface area contributed by atoms with Crippen LogP contribution in [0.15, 0.2) is 29.2 Å². The van der Waals surface area contributed by atoms with Crippen LogP contribution in [0.5, 0.6) is 0 Å². The molecule has 2 rings (SSSR count). The van der Waals surface area contributed by atoms with Gasteiger partial charge >= 0.3 is 5.97 Å². The third-order valence-corrected chi connectivity index (χ3v) is 3.22. The monoisotopic (exact) mass is 263 g/mol. The molecule has 0 aliphatic carbocycles. The highest BCUT2D eigenvalue weighted by Crippen LogP contribution is 2.16. The van der Waals surface area contributed by atoms with E-state index in [2.05, 4.69) is 16.6 Å². The summed E-state index contributed by atoms with van der Waals surface area (Å²) in [5, 5.41) is 12.8. The molecule has 0 atom stereocenters. The quantitative estimate of drug-likeness (QED) is 0.816. The average molecular weight is 263 g/mol. The van der Waals surface area contributed by atoms with Crippen LogP contribution in [0.25, 0.3) is 0 Å². The van der Waals surface area contributed by atoms with E-state index in [0.29, 0.717) is 0 Å². The molecule has 2 heterocycles. The van der Waals surface area contributed by atoms with E-state index in [1.807, 2.05) is 0 Å². The third kappa shape index (κ3) is 3.21. The average Bonchev–Trinajstić information content (AvgIpc) is 2.41. The number of aromatic nitrogens is 2. The first-order valence-corrected chi connectivity index (χ1v) is 6.31. The number of rotatable bonds is 4. The van der Waals surface area contributed by atoms with Gasteiger partial charge in [-0.05, 0) is 19.3 Å². The van der Waals surface area contributed by atoms with Crippen LogP contribution in [0.1, 0.15) is 19.3 Å². The molecule has 6 nitrogen and oxygen atoms in total. The van der Waals surface area contributed by atoms with Crippen LogP contribution in [0, 0.1) is 0 Å². The summed E-state index contributed by atoms with van der Waals surface area (Å²) in [4.78, 5) is 24.7. The Morgan fingerprint density at radius 2 is 2.05 bits per heavy atom. The summed E-state index contributed by atoms with van der Waals surface area (Å²) < 4.78 is 1.11. The second-order valence-electron chi connectivity index (χ2n) is 4.67. The Morgan fingerprint density at radius 3 is 2.63 bits per heavy atom. The molecule has 0 unspecified atom stereocenters. The zero-order valence-electron chi connectivity index (χ0n) is 10.7. The molecule has 0 bridgehead atoms. The molecule has 19 heavy (non-hydrogen) atoms. The number of hydrogen-bond donors (Lipinski definition) is 1. The predicted octanol–water partition coefficient (Wildman–Crippen LogP) is 0.874. The molecule has 0 amide bonds. The molecule has 6 heteroatoms. The number of anilines is 1. The van der Waals surface area contributed by atoms with Crippen LogP contribution in [0.3, 0.4) is 0 Å². The van der Waals surface area contributed by atoms with Gasteiger partial charge in [-0.2, -0.15) is 5.10 Å². The molecule has 1 aliphatic heterocycles. The van der Waals surface area contributed by atoms with Crippen molar-refractivity contribution in [3.05, 3.63) is 34.8 Å². The second kappa shape index (κ2) is 5.69. The number of carboxylic acid groups (broad SMARTS) is 1. The Labute approximate surface area is 111 Å². The molecule has 1 aliphatic rings. The van der Waals surface area contributed by atoms with Crippen molar-refractivity contribution in [2.45, 2.75) is 25.8 Å². The molecule has 0 aromatic carbocycles. The Morgan fingerprint density at radius 1 is 1.37 bits per heavy atom. The molecule has 1 aromatic rings. The molecule has 102 valence electrons. The van der Waals surface area contributed by atoms with Gasteiger partial charge in [-0.1, -0.05) is 6.58 Å². The molecule has 1 saturated heterocycles. The predicted molar refractivity (Wildman–Crippen MR) is 71.3 cm³/mol. The summed E-state index contributed by atoms with van der Waals surface area (Å²) in [5.74, 6) is -1.12. The van der Waals surface area contributed by atoms with E-state index in [4.69, 9.17) is 5.11 Å². The van der Waals surface area contributed by atoms with Crippen LogP contribution >= 0.6 is 0 Å². The largest absolute Gasteiger partial charge is 0.478 e. The van der Waals surface area contributed by atoms with E-state index in [9.17, 15) is 9.59 Å². The van der Waals surface area contributed by atoms with Gasteiger partial charge < -0.3 is 10.0 Å². The van der Waals surface area contributed by atoms with Crippen LogP contribution in [0.4, 0.5) is 5.69 Å². The Balaban J connectivity index is 2.15. The van der Waals surface area contributed by atoms with Crippen molar-refractivity contribution in [3.8, 4) is 0 Å². The number of carboxylic acids is 1. The minimum Gasteiger partial charge on any atom is -0.478 e. The first-order chi connectivity index (χ1) is 9.08. The van der Waals surface area contributed by atoms with Crippen molar-refractivity contribution in [1.82, 2.24) is 9.78 Å². The van der Waals surface area contributed by atoms with E-state index in [1.54, 1.807) is 6.20 Å². The van der Waals surface area contributed by atoms with Gasteiger partial charge in [0.1, 0.15) is 0 Å². The third-order valence-electron chi connectivity index (χ3n) is 3.22. The second-order valence-corrected chi connectivity index (χ2v) is 4.67. The van der Waals surface area contributed by atoms with Crippen LogP contribution in [-0.2, 0) is 11.3 Å². The van der Waals surface area contributed by atoms with Crippen molar-refractivity contribution < 1.29 is 9.90 Å². The van der Waals surface area contributed by atoms with Gasteiger partial charge in [-0.15, -0.1) is 0 Å². The molecule has 0 spiro atoms. The maximum Gasteiger partial charge on any atom is 0.332 e. The standard InChI is InChI=1S/C13H17N3O3/c1-10(13(18)19)9-16-12(17)7-11(8-14-16)15-5-3-2-4-6-15/h7-8H,1-6,9H2,(H,18,19). The number of aliphatic carboxylic acids is 1. The van der Waals surface area contributed by atoms with Crippen LogP contribution in [-0.4, -0.2) is 33.9 Å². The number of carbonyl (C=O) groups is 1. The summed E-state index contributed by atoms with van der Waals surface area (Å²) in [6.45, 7) is 5.18. The summed E-state index contributed by atoms with van der Waals surface area (Å²) in [7, 11) is 0. The fourth-order valence-corrected chi connectivity index (χ4v) is 2.12. The minimum absolute atomic E-state index is 0.0553. The van der Waals surface area contributed by atoms with Gasteiger partial charge in [-0.25, -0.2) is 9.48 Å². The van der Waals surface area contributed by atoms with Gasteiger partial charge in [0.15, 0.2) is 0 Å². The lowest BCUT2D eigenvalue weighted by molar-refractivity contribution is -0.132. The maximum atomic E-state index is 11.9. The lowest BCUT2D eigenvalue weighted by Gasteiger charge is -2.28. The smallest absolute Gasteiger partial charge is 0.332 e. The number of hydrogen-bond acceptors (Lipinski definition) is 4. The van der Waals surface area contributed by atoms with Crippen molar-refractivity contribution >= 4 is 11.7 Å². The summed E-state index contributed by atoms with van der Waals surface area (Å²) >= 11 is 0. The lowest BCUT2D eigenvalue weighted by Crippen LogP contribution is -2.32. The SMILES string of the molecule is C=C(Cn1ncc(N2CCCCC2)cc1=O)C(=O)O. The zero-order valence-corrected chi connectivity index (χ0v) is 10.7. The fourth-order valence-electron chi connectivity index (χ4n) is 2.12. The fraction of sp³-hybridized carbons (Fsp3) is 0.462. The molecule has 0 radical (unpaired) electrons. The van der Waals surface area contributed by atoms with E-state index in [-0.39, 0.29) is 17.7 Å². The number of nitrogens with zero attached hydrogens (tertiary/aromatic N) is 3. The van der Waals surface area contributed by atoms with Gasteiger partial charge in [0, 0.05) is 19.2 Å². The molecule has 1 aromatic heterocycles. The zero-order chi connectivity index (χ0) is 13.8. The maximum absolute atomic E-state index is 11.9. The van der Waals surface area contributed by atoms with E-state index < -0.39 is 5.97 Å². The first kappa shape index (κ1) is 13.3. The number of piperidine rings is 1.